The molecule has 0 saturated carbocycles. The predicted octanol–water partition coefficient (Wildman–Crippen LogP) is 6.33. The van der Waals surface area contributed by atoms with E-state index in [1.807, 2.05) is 0 Å². The highest BCUT2D eigenvalue weighted by Crippen LogP contribution is 2.42. The Morgan fingerprint density at radius 2 is 1.09 bits per heavy atom. The Labute approximate surface area is 385 Å². The van der Waals surface area contributed by atoms with E-state index in [-0.39, 0.29) is 90.6 Å². The average molecular weight is 947 g/mol. The van der Waals surface area contributed by atoms with Crippen LogP contribution in [0.5, 0.6) is 0 Å². The molecule has 0 bridgehead atoms. The van der Waals surface area contributed by atoms with Gasteiger partial charge in [0.05, 0.1) is 104 Å². The first-order chi connectivity index (χ1) is 32.2. The van der Waals surface area contributed by atoms with Gasteiger partial charge in [0, 0.05) is 24.3 Å². The van der Waals surface area contributed by atoms with Crippen LogP contribution in [0, 0.1) is 0 Å². The van der Waals surface area contributed by atoms with Gasteiger partial charge in [-0.3, -0.25) is 19.4 Å². The maximum Gasteiger partial charge on any atom is 0.416 e. The third-order valence-electron chi connectivity index (χ3n) is 12.6. The van der Waals surface area contributed by atoms with E-state index in [2.05, 4.69) is 10.6 Å². The number of alkyl halides is 6. The fourth-order valence-corrected chi connectivity index (χ4v) is 9.07. The third kappa shape index (κ3) is 9.25. The number of anilines is 4. The number of amides is 6. The zero-order valence-corrected chi connectivity index (χ0v) is 36.7. The number of nitrogens with one attached hydrogen (secondary N) is 2. The Morgan fingerprint density at radius 1 is 0.662 bits per heavy atom. The highest BCUT2D eigenvalue weighted by atomic mass is 19.4. The maximum atomic E-state index is 14.5. The van der Waals surface area contributed by atoms with E-state index in [9.17, 15) is 50.3 Å². The van der Waals surface area contributed by atoms with Gasteiger partial charge < -0.3 is 41.1 Å². The summed E-state index contributed by atoms with van der Waals surface area (Å²) in [5.74, 6) is -1.54. The topological polar surface area (TPSA) is 184 Å². The minimum Gasteiger partial charge on any atom is -0.465 e. The monoisotopic (exact) mass is 946 g/mol. The van der Waals surface area contributed by atoms with Crippen LogP contribution in [0.15, 0.2) is 120 Å². The molecule has 8 rings (SSSR count). The van der Waals surface area contributed by atoms with E-state index in [1.165, 1.54) is 41.2 Å². The summed E-state index contributed by atoms with van der Waals surface area (Å²) in [7, 11) is 2.98. The van der Waals surface area contributed by atoms with Crippen LogP contribution in [0.4, 0.5) is 58.7 Å². The first-order valence-electron chi connectivity index (χ1n) is 21.4. The fourth-order valence-electron chi connectivity index (χ4n) is 9.07. The minimum absolute atomic E-state index is 0.0138. The molecule has 3 atom stereocenters. The molecule has 4 aromatic carbocycles. The van der Waals surface area contributed by atoms with Crippen LogP contribution < -0.4 is 31.9 Å². The van der Waals surface area contributed by atoms with E-state index in [0.29, 0.717) is 22.5 Å². The molecule has 356 valence electrons. The molecule has 0 spiro atoms. The second kappa shape index (κ2) is 17.9. The number of likely N-dealkylation sites (N-methyl/N-ethyl adjacent to an activating group) is 1. The number of quaternary nitrogens is 1. The second-order valence-electron chi connectivity index (χ2n) is 17.2. The summed E-state index contributed by atoms with van der Waals surface area (Å²) in [5.41, 5.74) is 12.2. The zero-order chi connectivity index (χ0) is 48.9. The summed E-state index contributed by atoms with van der Waals surface area (Å²) in [4.78, 5) is 74.4. The van der Waals surface area contributed by atoms with Gasteiger partial charge in [0.25, 0.3) is 11.8 Å². The number of methoxy groups -OCH3 is 1. The molecule has 4 heterocycles. The number of nitrogens with two attached hydrogens (primary N) is 2. The van der Waals surface area contributed by atoms with Crippen molar-refractivity contribution < 1.29 is 59.5 Å². The van der Waals surface area contributed by atoms with Gasteiger partial charge in [-0.25, -0.2) is 14.4 Å². The first-order valence-corrected chi connectivity index (χ1v) is 21.4. The van der Waals surface area contributed by atoms with Gasteiger partial charge in [-0.2, -0.15) is 26.3 Å². The molecular formula is C47H46F6N9O6+. The lowest BCUT2D eigenvalue weighted by Gasteiger charge is -2.35. The molecule has 15 nitrogen and oxygen atoms in total. The van der Waals surface area contributed by atoms with Crippen LogP contribution in [0.3, 0.4) is 0 Å². The lowest BCUT2D eigenvalue weighted by Crippen LogP contribution is -2.53. The predicted molar refractivity (Wildman–Crippen MR) is 237 cm³/mol. The summed E-state index contributed by atoms with van der Waals surface area (Å²) < 4.78 is 88.1. The Bertz CT molecular complexity index is 2740. The quantitative estimate of drug-likeness (QED) is 0.0519. The molecule has 0 aromatic heterocycles. The summed E-state index contributed by atoms with van der Waals surface area (Å²) >= 11 is 0. The van der Waals surface area contributed by atoms with Crippen LogP contribution >= 0.6 is 0 Å². The number of carbonyl (C=O) groups excluding carboxylic acids is 5. The van der Waals surface area contributed by atoms with Crippen molar-refractivity contribution in [2.45, 2.75) is 30.9 Å². The van der Waals surface area contributed by atoms with E-state index in [0.717, 1.165) is 34.1 Å². The summed E-state index contributed by atoms with van der Waals surface area (Å²) in [6, 6.07) is 18.0. The number of hydrogen-bond donors (Lipinski definition) is 4. The minimum atomic E-state index is -4.72. The zero-order valence-electron chi connectivity index (χ0n) is 36.7. The molecule has 4 aliphatic heterocycles. The van der Waals surface area contributed by atoms with E-state index in [1.54, 1.807) is 55.6 Å². The van der Waals surface area contributed by atoms with E-state index < -0.39 is 65.4 Å². The number of carbonyl (C=O) groups is 5. The molecule has 6 N–H and O–H groups in total. The Morgan fingerprint density at radius 3 is 1.50 bits per heavy atom. The van der Waals surface area contributed by atoms with Gasteiger partial charge >= 0.3 is 30.4 Å². The normalized spacial score (nSPS) is 19.5. The fraction of sp³-hybridized carbons (Fsp3) is 0.298. The molecule has 0 aliphatic carbocycles. The van der Waals surface area contributed by atoms with Gasteiger partial charge in [-0.15, -0.1) is 0 Å². The second-order valence-corrected chi connectivity index (χ2v) is 17.2. The van der Waals surface area contributed by atoms with Crippen molar-refractivity contribution in [2.24, 2.45) is 0 Å². The number of halogens is 6. The highest BCUT2D eigenvalue weighted by Gasteiger charge is 2.47. The molecule has 4 aromatic rings. The van der Waals surface area contributed by atoms with Crippen molar-refractivity contribution in [3.8, 4) is 0 Å². The lowest BCUT2D eigenvalue weighted by molar-refractivity contribution is -0.902. The van der Waals surface area contributed by atoms with Crippen molar-refractivity contribution in [3.63, 3.8) is 0 Å². The molecule has 6 amide bonds. The largest absolute Gasteiger partial charge is 0.465 e. The molecular weight excluding hydrogens is 901 g/mol. The lowest BCUT2D eigenvalue weighted by atomic mass is 9.95. The number of rotatable bonds is 13. The van der Waals surface area contributed by atoms with Crippen LogP contribution in [0.2, 0.25) is 0 Å². The van der Waals surface area contributed by atoms with Gasteiger partial charge in [0.2, 0.25) is 0 Å². The third-order valence-corrected chi connectivity index (χ3v) is 12.6. The summed E-state index contributed by atoms with van der Waals surface area (Å²) in [6.07, 6.45) is -9.16. The van der Waals surface area contributed by atoms with Crippen LogP contribution in [0.1, 0.15) is 40.8 Å². The smallest absolute Gasteiger partial charge is 0.416 e. The Balaban J connectivity index is 1.03. The van der Waals surface area contributed by atoms with Gasteiger partial charge in [0.15, 0.2) is 6.54 Å². The van der Waals surface area contributed by atoms with E-state index >= 15 is 0 Å². The molecule has 68 heavy (non-hydrogen) atoms. The SMILES string of the molecule is COC(=O)C[N+](C)(CCCN1CC2=C(C1=O)C(c1ccc(N)cc1)NC(=O)N2c1cccc(C(F)(F)F)c1)CCN1CC2=C(C1=O)C(c1ccc(N)cc1)NC(=O)N2c1cccc(C(F)(F)F)c1. The van der Waals surface area contributed by atoms with Crippen LogP contribution in [-0.2, 0) is 31.5 Å². The maximum absolute atomic E-state index is 14.5. The van der Waals surface area contributed by atoms with Gasteiger partial charge in [0.1, 0.15) is 0 Å². The molecule has 3 unspecified atom stereocenters. The Hall–Kier alpha value is -7.55. The summed E-state index contributed by atoms with van der Waals surface area (Å²) in [5, 5.41) is 5.57. The summed E-state index contributed by atoms with van der Waals surface area (Å²) in [6.45, 7) is 0.0158. The van der Waals surface area contributed by atoms with Gasteiger partial charge in [-0.1, -0.05) is 36.4 Å². The number of benzene rings is 4. The van der Waals surface area contributed by atoms with Crippen molar-refractivity contribution in [2.75, 3.05) is 81.2 Å². The van der Waals surface area contributed by atoms with Gasteiger partial charge in [-0.05, 0) is 71.8 Å². The first kappa shape index (κ1) is 47.0. The number of hydrogen-bond acceptors (Lipinski definition) is 8. The number of nitrogens with zero attached hydrogens (tertiary/aromatic N) is 5. The molecule has 21 heteroatoms. The molecule has 0 saturated heterocycles. The van der Waals surface area contributed by atoms with E-state index in [4.69, 9.17) is 16.2 Å². The average Bonchev–Trinajstić information content (AvgIpc) is 3.79. The molecule has 4 aliphatic rings. The van der Waals surface area contributed by atoms with Crippen molar-refractivity contribution in [3.05, 3.63) is 142 Å². The van der Waals surface area contributed by atoms with Crippen LogP contribution in [-0.4, -0.2) is 104 Å². The highest BCUT2D eigenvalue weighted by molar-refractivity contribution is 6.08. The number of ether oxygens (including phenoxy) is 1. The number of esters is 1. The Kier molecular flexibility index (Phi) is 12.4. The standard InChI is InChI=1S/C47H45F6N9O6/c1-62(26-37(63)68-2,21-19-59-25-36-39(43(59)65)41(28-12-16-32(55)17-13-28)57-45(67)61(36)34-9-4-7-30(23-34)47(51,52)53)20-5-18-58-24-35-38(42(58)64)40(27-10-14-31(54)15-11-27)56-44(66)60(35)33-8-3-6-29(22-33)46(48,49)50/h3-4,6-17,22-23,40-41H,5,18-21,24-26,54-55H2,1-2H3,(H-,56,57,66,67)/p+1. The number of nitrogen functional groups attached to an aromatic ring is 2. The molecule has 0 radical (unpaired) electrons. The molecule has 0 fully saturated rings. The van der Waals surface area contributed by atoms with Crippen molar-refractivity contribution in [1.29, 1.82) is 0 Å². The number of urea groups is 2. The van der Waals surface area contributed by atoms with Crippen molar-refractivity contribution in [1.82, 2.24) is 20.4 Å². The van der Waals surface area contributed by atoms with Crippen LogP contribution in [0.25, 0.3) is 0 Å². The van der Waals surface area contributed by atoms with Crippen molar-refractivity contribution >= 4 is 52.6 Å².